The summed E-state index contributed by atoms with van der Waals surface area (Å²) >= 11 is 0. The number of aliphatic carboxylic acids is 1. The second-order valence-corrected chi connectivity index (χ2v) is 8.78. The van der Waals surface area contributed by atoms with Crippen LogP contribution in [0.25, 0.3) is 11.1 Å². The van der Waals surface area contributed by atoms with Crippen LogP contribution < -0.4 is 5.32 Å². The average Bonchev–Trinajstić information content (AvgIpc) is 3.40. The molecule has 3 aromatic rings. The largest absolute Gasteiger partial charge is 0.480 e. The molecule has 7 nitrogen and oxygen atoms in total. The molecule has 2 N–H and O–H groups in total. The van der Waals surface area contributed by atoms with E-state index < -0.39 is 24.1 Å². The van der Waals surface area contributed by atoms with Crippen LogP contribution in [0.5, 0.6) is 0 Å². The van der Waals surface area contributed by atoms with E-state index in [2.05, 4.69) is 22.4 Å². The molecule has 1 amide bonds. The molecule has 2 aliphatic carbocycles. The maximum absolute atomic E-state index is 12.7. The lowest BCUT2D eigenvalue weighted by Gasteiger charge is -2.25. The van der Waals surface area contributed by atoms with Crippen LogP contribution in [0.2, 0.25) is 0 Å². The van der Waals surface area contributed by atoms with E-state index in [-0.39, 0.29) is 12.5 Å². The van der Waals surface area contributed by atoms with Gasteiger partial charge in [-0.1, -0.05) is 48.5 Å². The standard InChI is InChI=1S/C26H27N3O4/c1-16(29-15-27-22-12-6-7-13-23(22)29)24(25(30)31)28-26(32)33-14-21-19-10-4-2-8-17(19)18-9-3-5-11-20(18)21/h2-5,8-11,15-16,21,24H,6-7,12-14H2,1H3,(H,28,32)(H,30,31). The van der Waals surface area contributed by atoms with Crippen LogP contribution in [0.4, 0.5) is 4.79 Å². The van der Waals surface area contributed by atoms with E-state index in [1.54, 1.807) is 13.3 Å². The second-order valence-electron chi connectivity index (χ2n) is 8.78. The molecular formula is C26H27N3O4. The number of ether oxygens (including phenoxy) is 1. The van der Waals surface area contributed by atoms with Crippen molar-refractivity contribution in [2.45, 2.75) is 50.6 Å². The summed E-state index contributed by atoms with van der Waals surface area (Å²) in [6.07, 6.45) is 4.89. The molecule has 0 radical (unpaired) electrons. The first kappa shape index (κ1) is 21.2. The van der Waals surface area contributed by atoms with Crippen LogP contribution in [0.3, 0.4) is 0 Å². The molecule has 0 saturated heterocycles. The molecule has 0 spiro atoms. The summed E-state index contributed by atoms with van der Waals surface area (Å²) < 4.78 is 7.45. The Labute approximate surface area is 192 Å². The summed E-state index contributed by atoms with van der Waals surface area (Å²) in [4.78, 5) is 29.2. The van der Waals surface area contributed by atoms with E-state index in [0.29, 0.717) is 0 Å². The summed E-state index contributed by atoms with van der Waals surface area (Å²) in [5.41, 5.74) is 6.60. The molecule has 2 aromatic carbocycles. The number of carboxylic acids is 1. The molecule has 5 rings (SSSR count). The molecule has 7 heteroatoms. The smallest absolute Gasteiger partial charge is 0.407 e. The number of nitrogens with one attached hydrogen (secondary N) is 1. The van der Waals surface area contributed by atoms with Crippen molar-refractivity contribution in [2.75, 3.05) is 6.61 Å². The van der Waals surface area contributed by atoms with Crippen molar-refractivity contribution in [1.29, 1.82) is 0 Å². The zero-order valence-corrected chi connectivity index (χ0v) is 18.5. The molecule has 0 bridgehead atoms. The van der Waals surface area contributed by atoms with Crippen molar-refractivity contribution in [2.24, 2.45) is 0 Å². The molecule has 1 aromatic heterocycles. The van der Waals surface area contributed by atoms with E-state index in [4.69, 9.17) is 4.74 Å². The van der Waals surface area contributed by atoms with Gasteiger partial charge in [-0.2, -0.15) is 0 Å². The predicted octanol–water partition coefficient (Wildman–Crippen LogP) is 4.31. The highest BCUT2D eigenvalue weighted by molar-refractivity contribution is 5.81. The maximum atomic E-state index is 12.7. The van der Waals surface area contributed by atoms with Gasteiger partial charge in [-0.05, 0) is 54.9 Å². The third kappa shape index (κ3) is 3.88. The number of aromatic nitrogens is 2. The number of benzene rings is 2. The van der Waals surface area contributed by atoms with Crippen molar-refractivity contribution >= 4 is 12.1 Å². The number of carbonyl (C=O) groups excluding carboxylic acids is 1. The van der Waals surface area contributed by atoms with Gasteiger partial charge in [0.2, 0.25) is 0 Å². The molecule has 2 aliphatic rings. The van der Waals surface area contributed by atoms with Crippen molar-refractivity contribution in [1.82, 2.24) is 14.9 Å². The number of rotatable bonds is 6. The number of fused-ring (bicyclic) bond motifs is 4. The number of alkyl carbamates (subject to hydrolysis) is 1. The van der Waals surface area contributed by atoms with Crippen LogP contribution in [0.1, 0.15) is 54.2 Å². The molecule has 2 unspecified atom stereocenters. The van der Waals surface area contributed by atoms with Crippen LogP contribution in [-0.2, 0) is 22.4 Å². The number of carbonyl (C=O) groups is 2. The van der Waals surface area contributed by atoms with Gasteiger partial charge in [0, 0.05) is 11.6 Å². The van der Waals surface area contributed by atoms with Crippen molar-refractivity contribution < 1.29 is 19.4 Å². The van der Waals surface area contributed by atoms with Gasteiger partial charge in [0.15, 0.2) is 0 Å². The number of imidazole rings is 1. The van der Waals surface area contributed by atoms with Crippen LogP contribution >= 0.6 is 0 Å². The van der Waals surface area contributed by atoms with Crippen molar-refractivity contribution in [3.63, 3.8) is 0 Å². The zero-order valence-electron chi connectivity index (χ0n) is 18.5. The minimum absolute atomic E-state index is 0.0791. The Kier molecular flexibility index (Phi) is 5.62. The number of hydrogen-bond acceptors (Lipinski definition) is 4. The molecule has 0 saturated carbocycles. The Bertz CT molecular complexity index is 1160. The van der Waals surface area contributed by atoms with Gasteiger partial charge in [0.25, 0.3) is 0 Å². The van der Waals surface area contributed by atoms with Gasteiger partial charge in [0.05, 0.1) is 18.1 Å². The van der Waals surface area contributed by atoms with Gasteiger partial charge in [0.1, 0.15) is 12.6 Å². The Morgan fingerprint density at radius 1 is 1.09 bits per heavy atom. The number of nitrogens with zero attached hydrogens (tertiary/aromatic N) is 2. The highest BCUT2D eigenvalue weighted by Crippen LogP contribution is 2.44. The highest BCUT2D eigenvalue weighted by Gasteiger charge is 2.32. The summed E-state index contributed by atoms with van der Waals surface area (Å²) in [5.74, 6) is -1.18. The first-order valence-corrected chi connectivity index (χ1v) is 11.4. The Balaban J connectivity index is 1.29. The molecular weight excluding hydrogens is 418 g/mol. The molecule has 0 fully saturated rings. The van der Waals surface area contributed by atoms with Gasteiger partial charge in [-0.3, -0.25) is 0 Å². The SMILES string of the molecule is CC(C(NC(=O)OCC1c2ccccc2-c2ccccc21)C(=O)O)n1cnc2c1CCCC2. The Hall–Kier alpha value is -3.61. The third-order valence-electron chi connectivity index (χ3n) is 6.86. The zero-order chi connectivity index (χ0) is 22.9. The predicted molar refractivity (Wildman–Crippen MR) is 123 cm³/mol. The summed E-state index contributed by atoms with van der Waals surface area (Å²) in [7, 11) is 0. The average molecular weight is 446 g/mol. The lowest BCUT2D eigenvalue weighted by atomic mass is 9.98. The summed E-state index contributed by atoms with van der Waals surface area (Å²) in [6, 6.07) is 14.6. The normalized spacial score (nSPS) is 16.3. The van der Waals surface area contributed by atoms with Crippen LogP contribution in [0.15, 0.2) is 54.9 Å². The fraction of sp³-hybridized carbons (Fsp3) is 0.346. The van der Waals surface area contributed by atoms with E-state index in [1.807, 2.05) is 41.0 Å². The molecule has 1 heterocycles. The highest BCUT2D eigenvalue weighted by atomic mass is 16.5. The minimum atomic E-state index is -1.12. The minimum Gasteiger partial charge on any atom is -0.480 e. The van der Waals surface area contributed by atoms with Crippen LogP contribution in [0, 0.1) is 0 Å². The third-order valence-corrected chi connectivity index (χ3v) is 6.86. The fourth-order valence-electron chi connectivity index (χ4n) is 5.16. The van der Waals surface area contributed by atoms with Gasteiger partial charge in [-0.15, -0.1) is 0 Å². The van der Waals surface area contributed by atoms with E-state index in [9.17, 15) is 14.7 Å². The Morgan fingerprint density at radius 2 is 1.73 bits per heavy atom. The molecule has 2 atom stereocenters. The van der Waals surface area contributed by atoms with Gasteiger partial charge < -0.3 is 19.7 Å². The quantitative estimate of drug-likeness (QED) is 0.590. The van der Waals surface area contributed by atoms with Crippen molar-refractivity contribution in [3.8, 4) is 11.1 Å². The number of carboxylic acid groups (broad SMARTS) is 1. The summed E-state index contributed by atoms with van der Waals surface area (Å²) in [6.45, 7) is 1.93. The first-order chi connectivity index (χ1) is 16.0. The lowest BCUT2D eigenvalue weighted by molar-refractivity contribution is -0.140. The fourth-order valence-corrected chi connectivity index (χ4v) is 5.16. The van der Waals surface area contributed by atoms with E-state index in [1.165, 1.54) is 0 Å². The van der Waals surface area contributed by atoms with Gasteiger partial charge in [-0.25, -0.2) is 14.6 Å². The molecule has 33 heavy (non-hydrogen) atoms. The molecule has 170 valence electrons. The number of hydrogen-bond donors (Lipinski definition) is 2. The molecule has 0 aliphatic heterocycles. The lowest BCUT2D eigenvalue weighted by Crippen LogP contribution is -2.46. The Morgan fingerprint density at radius 3 is 2.39 bits per heavy atom. The van der Waals surface area contributed by atoms with Crippen LogP contribution in [-0.4, -0.2) is 39.4 Å². The number of amides is 1. The number of aryl methyl sites for hydroxylation is 1. The van der Waals surface area contributed by atoms with Gasteiger partial charge >= 0.3 is 12.1 Å². The summed E-state index contributed by atoms with van der Waals surface area (Å²) in [5, 5.41) is 12.4. The van der Waals surface area contributed by atoms with E-state index in [0.717, 1.165) is 59.3 Å². The first-order valence-electron chi connectivity index (χ1n) is 11.4. The van der Waals surface area contributed by atoms with E-state index >= 15 is 0 Å². The maximum Gasteiger partial charge on any atom is 0.407 e. The topological polar surface area (TPSA) is 93.5 Å². The van der Waals surface area contributed by atoms with Crippen molar-refractivity contribution in [3.05, 3.63) is 77.4 Å². The second kappa shape index (κ2) is 8.73. The monoisotopic (exact) mass is 445 g/mol.